The minimum Gasteiger partial charge on any atom is -0.212 e. The van der Waals surface area contributed by atoms with Crippen molar-refractivity contribution in [2.24, 2.45) is 0 Å². The molecular formula is C15H15BrFNO2S. The Balaban J connectivity index is 2.12. The Labute approximate surface area is 132 Å². The highest BCUT2D eigenvalue weighted by atomic mass is 79.9. The predicted molar refractivity (Wildman–Crippen MR) is 84.6 cm³/mol. The lowest BCUT2D eigenvalue weighted by atomic mass is 10.2. The fourth-order valence-corrected chi connectivity index (χ4v) is 3.45. The van der Waals surface area contributed by atoms with Gasteiger partial charge < -0.3 is 0 Å². The average molecular weight is 372 g/mol. The van der Waals surface area contributed by atoms with Crippen molar-refractivity contribution in [2.45, 2.75) is 12.3 Å². The molecule has 6 heteroatoms. The molecule has 0 fully saturated rings. The zero-order chi connectivity index (χ0) is 15.5. The molecule has 0 aliphatic rings. The second-order valence-electron chi connectivity index (χ2n) is 4.73. The fraction of sp³-hybridized carbons (Fsp3) is 0.200. The molecule has 2 rings (SSSR count). The first-order valence-corrected chi connectivity index (χ1v) is 8.70. The number of rotatable bonds is 5. The van der Waals surface area contributed by atoms with Gasteiger partial charge in [0.1, 0.15) is 5.82 Å². The van der Waals surface area contributed by atoms with Crippen molar-refractivity contribution >= 4 is 26.0 Å². The summed E-state index contributed by atoms with van der Waals surface area (Å²) in [5.41, 5.74) is 1.46. The molecule has 0 atom stereocenters. The van der Waals surface area contributed by atoms with Crippen LogP contribution < -0.4 is 0 Å². The Kier molecular flexibility index (Phi) is 5.13. The molecule has 0 amide bonds. The van der Waals surface area contributed by atoms with Crippen LogP contribution in [0.15, 0.2) is 53.0 Å². The lowest BCUT2D eigenvalue weighted by molar-refractivity contribution is 0.465. The summed E-state index contributed by atoms with van der Waals surface area (Å²) in [5, 5.41) is 0. The summed E-state index contributed by atoms with van der Waals surface area (Å²) < 4.78 is 39.7. The average Bonchev–Trinajstić information content (AvgIpc) is 2.43. The lowest BCUT2D eigenvalue weighted by Gasteiger charge is -2.18. The van der Waals surface area contributed by atoms with E-state index in [1.165, 1.54) is 35.6 Å². The highest BCUT2D eigenvalue weighted by molar-refractivity contribution is 9.10. The summed E-state index contributed by atoms with van der Waals surface area (Å²) in [5.74, 6) is -0.522. The molecule has 0 saturated carbocycles. The lowest BCUT2D eigenvalue weighted by Crippen LogP contribution is -2.27. The van der Waals surface area contributed by atoms with Crippen LogP contribution in [-0.4, -0.2) is 19.8 Å². The molecule has 2 aromatic carbocycles. The minimum absolute atomic E-state index is 0.145. The Hall–Kier alpha value is -1.24. The van der Waals surface area contributed by atoms with Gasteiger partial charge in [0, 0.05) is 18.1 Å². The molecule has 2 aromatic rings. The summed E-state index contributed by atoms with van der Waals surface area (Å²) >= 11 is 3.40. The number of nitrogens with zero attached hydrogens (tertiary/aromatic N) is 1. The summed E-state index contributed by atoms with van der Waals surface area (Å²) in [4.78, 5) is 0. The standard InChI is InChI=1S/C15H15BrFNO2S/c1-18(10-13-4-2-3-5-15(13)16)21(19,20)11-12-6-8-14(17)9-7-12/h2-9H,10-11H2,1H3. The van der Waals surface area contributed by atoms with E-state index in [0.717, 1.165) is 10.0 Å². The zero-order valence-corrected chi connectivity index (χ0v) is 13.9. The van der Waals surface area contributed by atoms with Crippen molar-refractivity contribution in [3.05, 3.63) is 69.9 Å². The highest BCUT2D eigenvalue weighted by Crippen LogP contribution is 2.19. The van der Waals surface area contributed by atoms with Crippen LogP contribution in [0.3, 0.4) is 0 Å². The molecule has 0 heterocycles. The summed E-state index contributed by atoms with van der Waals surface area (Å²) in [7, 11) is -1.91. The van der Waals surface area contributed by atoms with E-state index in [1.54, 1.807) is 0 Å². The first kappa shape index (κ1) is 16.1. The molecule has 112 valence electrons. The second-order valence-corrected chi connectivity index (χ2v) is 7.66. The third-order valence-electron chi connectivity index (χ3n) is 3.09. The van der Waals surface area contributed by atoms with Gasteiger partial charge in [-0.1, -0.05) is 46.3 Å². The summed E-state index contributed by atoms with van der Waals surface area (Å²) in [6, 6.07) is 13.0. The van der Waals surface area contributed by atoms with Gasteiger partial charge in [-0.3, -0.25) is 0 Å². The maximum Gasteiger partial charge on any atom is 0.218 e. The van der Waals surface area contributed by atoms with Gasteiger partial charge in [-0.2, -0.15) is 0 Å². The molecule has 0 N–H and O–H groups in total. The maximum absolute atomic E-state index is 12.8. The first-order valence-electron chi connectivity index (χ1n) is 6.30. The maximum atomic E-state index is 12.8. The van der Waals surface area contributed by atoms with Crippen molar-refractivity contribution in [3.63, 3.8) is 0 Å². The summed E-state index contributed by atoms with van der Waals surface area (Å²) in [6.07, 6.45) is 0. The minimum atomic E-state index is -3.45. The van der Waals surface area contributed by atoms with Crippen molar-refractivity contribution in [2.75, 3.05) is 7.05 Å². The Morgan fingerprint density at radius 3 is 2.33 bits per heavy atom. The molecule has 0 radical (unpaired) electrons. The van der Waals surface area contributed by atoms with E-state index in [-0.39, 0.29) is 18.1 Å². The van der Waals surface area contributed by atoms with Gasteiger partial charge in [0.15, 0.2) is 0 Å². The van der Waals surface area contributed by atoms with Crippen LogP contribution in [0, 0.1) is 5.82 Å². The van der Waals surface area contributed by atoms with E-state index >= 15 is 0 Å². The second kappa shape index (κ2) is 6.68. The largest absolute Gasteiger partial charge is 0.218 e. The fourth-order valence-electron chi connectivity index (χ4n) is 1.87. The van der Waals surface area contributed by atoms with Crippen LogP contribution in [0.5, 0.6) is 0 Å². The molecule has 0 bridgehead atoms. The third kappa shape index (κ3) is 4.36. The molecule has 0 aliphatic heterocycles. The van der Waals surface area contributed by atoms with E-state index in [9.17, 15) is 12.8 Å². The number of hydrogen-bond acceptors (Lipinski definition) is 2. The van der Waals surface area contributed by atoms with Crippen LogP contribution in [0.2, 0.25) is 0 Å². The van der Waals surface area contributed by atoms with Crippen molar-refractivity contribution in [1.29, 1.82) is 0 Å². The van der Waals surface area contributed by atoms with Gasteiger partial charge in [0.2, 0.25) is 10.0 Å². The highest BCUT2D eigenvalue weighted by Gasteiger charge is 2.19. The summed E-state index contributed by atoms with van der Waals surface area (Å²) in [6.45, 7) is 0.283. The van der Waals surface area contributed by atoms with Crippen molar-refractivity contribution < 1.29 is 12.8 Å². The van der Waals surface area contributed by atoms with E-state index in [2.05, 4.69) is 15.9 Å². The van der Waals surface area contributed by atoms with Gasteiger partial charge in [-0.25, -0.2) is 17.1 Å². The van der Waals surface area contributed by atoms with Gasteiger partial charge >= 0.3 is 0 Å². The molecule has 0 aliphatic carbocycles. The van der Waals surface area contributed by atoms with Crippen LogP contribution >= 0.6 is 15.9 Å². The Morgan fingerprint density at radius 2 is 1.71 bits per heavy atom. The molecule has 0 aromatic heterocycles. The normalized spacial score (nSPS) is 11.8. The smallest absolute Gasteiger partial charge is 0.212 e. The van der Waals surface area contributed by atoms with Gasteiger partial charge in [-0.15, -0.1) is 0 Å². The SMILES string of the molecule is CN(Cc1ccccc1Br)S(=O)(=O)Cc1ccc(F)cc1. The zero-order valence-electron chi connectivity index (χ0n) is 11.5. The van der Waals surface area contributed by atoms with Crippen molar-refractivity contribution in [3.8, 4) is 0 Å². The Morgan fingerprint density at radius 1 is 1.10 bits per heavy atom. The van der Waals surface area contributed by atoms with Crippen LogP contribution in [-0.2, 0) is 22.3 Å². The number of sulfonamides is 1. The van der Waals surface area contributed by atoms with Crippen LogP contribution in [0.1, 0.15) is 11.1 Å². The number of hydrogen-bond donors (Lipinski definition) is 0. The van der Waals surface area contributed by atoms with E-state index in [4.69, 9.17) is 0 Å². The molecule has 0 unspecified atom stereocenters. The van der Waals surface area contributed by atoms with Gasteiger partial charge in [0.25, 0.3) is 0 Å². The van der Waals surface area contributed by atoms with Crippen LogP contribution in [0.4, 0.5) is 4.39 Å². The predicted octanol–water partition coefficient (Wildman–Crippen LogP) is 3.55. The number of benzene rings is 2. The van der Waals surface area contributed by atoms with Crippen molar-refractivity contribution in [1.82, 2.24) is 4.31 Å². The van der Waals surface area contributed by atoms with Gasteiger partial charge in [0.05, 0.1) is 5.75 Å². The topological polar surface area (TPSA) is 37.4 Å². The van der Waals surface area contributed by atoms with E-state index in [1.807, 2.05) is 24.3 Å². The number of halogens is 2. The third-order valence-corrected chi connectivity index (χ3v) is 5.64. The molecular weight excluding hydrogens is 357 g/mol. The molecule has 0 spiro atoms. The van der Waals surface area contributed by atoms with E-state index in [0.29, 0.717) is 5.56 Å². The Bertz CT molecular complexity index is 717. The first-order chi connectivity index (χ1) is 9.88. The van der Waals surface area contributed by atoms with Crippen LogP contribution in [0.25, 0.3) is 0 Å². The van der Waals surface area contributed by atoms with Gasteiger partial charge in [-0.05, 0) is 29.3 Å². The monoisotopic (exact) mass is 371 g/mol. The molecule has 3 nitrogen and oxygen atoms in total. The van der Waals surface area contributed by atoms with E-state index < -0.39 is 10.0 Å². The molecule has 0 saturated heterocycles. The quantitative estimate of drug-likeness (QED) is 0.805. The molecule has 21 heavy (non-hydrogen) atoms.